The first-order valence-electron chi connectivity index (χ1n) is 5.94. The van der Waals surface area contributed by atoms with Crippen LogP contribution in [0.5, 0.6) is 0 Å². The second-order valence-electron chi connectivity index (χ2n) is 4.29. The number of nitrogens with one attached hydrogen (secondary N) is 2. The molecule has 0 fully saturated rings. The predicted octanol–water partition coefficient (Wildman–Crippen LogP) is 1.35. The number of hydrogen-bond donors (Lipinski definition) is 3. The highest BCUT2D eigenvalue weighted by Gasteiger charge is 2.09. The Morgan fingerprint density at radius 3 is 2.78 bits per heavy atom. The van der Waals surface area contributed by atoms with Crippen LogP contribution in [0, 0.1) is 6.92 Å². The number of aliphatic hydroxyl groups is 1. The number of benzene rings is 1. The van der Waals surface area contributed by atoms with Crippen LogP contribution in [-0.2, 0) is 0 Å². The van der Waals surface area contributed by atoms with E-state index >= 15 is 0 Å². The maximum atomic E-state index is 11.8. The smallest absolute Gasteiger partial charge is 0.252 e. The molecular formula is C13H19ClN2O2. The molecule has 5 heteroatoms. The average molecular weight is 271 g/mol. The van der Waals surface area contributed by atoms with Crippen LogP contribution in [0.3, 0.4) is 0 Å². The van der Waals surface area contributed by atoms with E-state index in [1.54, 1.807) is 19.1 Å². The van der Waals surface area contributed by atoms with Crippen LogP contribution in [0.25, 0.3) is 0 Å². The molecular weight excluding hydrogens is 252 g/mol. The molecule has 1 amide bonds. The van der Waals surface area contributed by atoms with Crippen molar-refractivity contribution in [3.63, 3.8) is 0 Å². The van der Waals surface area contributed by atoms with Gasteiger partial charge in [-0.3, -0.25) is 4.79 Å². The van der Waals surface area contributed by atoms with Crippen LogP contribution in [0.2, 0.25) is 5.02 Å². The summed E-state index contributed by atoms with van der Waals surface area (Å²) in [7, 11) is 0. The van der Waals surface area contributed by atoms with E-state index in [1.165, 1.54) is 0 Å². The van der Waals surface area contributed by atoms with E-state index in [0.717, 1.165) is 5.56 Å². The Labute approximate surface area is 112 Å². The van der Waals surface area contributed by atoms with Crippen LogP contribution >= 0.6 is 11.6 Å². The third-order valence-electron chi connectivity index (χ3n) is 2.40. The van der Waals surface area contributed by atoms with Crippen molar-refractivity contribution in [3.05, 3.63) is 34.3 Å². The molecule has 1 aromatic carbocycles. The normalized spacial score (nSPS) is 12.2. The van der Waals surface area contributed by atoms with Crippen LogP contribution < -0.4 is 10.6 Å². The highest BCUT2D eigenvalue weighted by molar-refractivity contribution is 6.33. The van der Waals surface area contributed by atoms with Gasteiger partial charge in [0.05, 0.1) is 16.7 Å². The first-order valence-corrected chi connectivity index (χ1v) is 6.31. The monoisotopic (exact) mass is 270 g/mol. The first-order chi connectivity index (χ1) is 8.50. The molecule has 0 aliphatic carbocycles. The van der Waals surface area contributed by atoms with Crippen LogP contribution in [0.4, 0.5) is 0 Å². The van der Waals surface area contributed by atoms with Crippen molar-refractivity contribution >= 4 is 17.5 Å². The molecule has 1 rings (SSSR count). The Morgan fingerprint density at radius 1 is 1.44 bits per heavy atom. The number of aliphatic hydroxyl groups excluding tert-OH is 1. The Kier molecular flexibility index (Phi) is 6.12. The highest BCUT2D eigenvalue weighted by Crippen LogP contribution is 2.17. The molecule has 0 spiro atoms. The van der Waals surface area contributed by atoms with E-state index in [2.05, 4.69) is 10.6 Å². The fourth-order valence-electron chi connectivity index (χ4n) is 1.47. The molecule has 0 aliphatic heterocycles. The van der Waals surface area contributed by atoms with Gasteiger partial charge in [-0.2, -0.15) is 0 Å². The van der Waals surface area contributed by atoms with Crippen molar-refractivity contribution in [2.75, 3.05) is 19.6 Å². The molecule has 1 atom stereocenters. The number of rotatable bonds is 6. The number of halogens is 1. The summed E-state index contributed by atoms with van der Waals surface area (Å²) in [5.41, 5.74) is 1.51. The van der Waals surface area contributed by atoms with Gasteiger partial charge in [0.2, 0.25) is 0 Å². The van der Waals surface area contributed by atoms with Gasteiger partial charge in [0, 0.05) is 19.6 Å². The largest absolute Gasteiger partial charge is 0.392 e. The number of carbonyl (C=O) groups is 1. The fraction of sp³-hybridized carbons (Fsp3) is 0.462. The average Bonchev–Trinajstić information content (AvgIpc) is 2.27. The third kappa shape index (κ3) is 5.04. The fourth-order valence-corrected chi connectivity index (χ4v) is 1.80. The van der Waals surface area contributed by atoms with Crippen LogP contribution in [0.15, 0.2) is 18.2 Å². The second-order valence-corrected chi connectivity index (χ2v) is 4.70. The SMILES string of the molecule is Cc1ccc(C(=O)NCCNCC(C)O)c(Cl)c1. The van der Waals surface area contributed by atoms with Gasteiger partial charge in [-0.05, 0) is 31.5 Å². The Morgan fingerprint density at radius 2 is 2.17 bits per heavy atom. The maximum Gasteiger partial charge on any atom is 0.252 e. The Bertz CT molecular complexity index is 408. The van der Waals surface area contributed by atoms with Gasteiger partial charge in [-0.15, -0.1) is 0 Å². The summed E-state index contributed by atoms with van der Waals surface area (Å²) >= 11 is 6.00. The predicted molar refractivity (Wildman–Crippen MR) is 73.1 cm³/mol. The summed E-state index contributed by atoms with van der Waals surface area (Å²) in [6, 6.07) is 5.34. The topological polar surface area (TPSA) is 61.4 Å². The third-order valence-corrected chi connectivity index (χ3v) is 2.71. The van der Waals surface area contributed by atoms with Gasteiger partial charge < -0.3 is 15.7 Å². The molecule has 0 aromatic heterocycles. The molecule has 0 aliphatic rings. The van der Waals surface area contributed by atoms with Crippen molar-refractivity contribution < 1.29 is 9.90 Å². The highest BCUT2D eigenvalue weighted by atomic mass is 35.5. The molecule has 0 radical (unpaired) electrons. The minimum Gasteiger partial charge on any atom is -0.392 e. The summed E-state index contributed by atoms with van der Waals surface area (Å²) in [6.07, 6.45) is -0.382. The lowest BCUT2D eigenvalue weighted by Gasteiger charge is -2.09. The maximum absolute atomic E-state index is 11.8. The molecule has 0 bridgehead atoms. The number of amides is 1. The van der Waals surface area contributed by atoms with Gasteiger partial charge in [0.15, 0.2) is 0 Å². The van der Waals surface area contributed by atoms with E-state index in [-0.39, 0.29) is 12.0 Å². The molecule has 100 valence electrons. The zero-order valence-corrected chi connectivity index (χ0v) is 11.4. The number of aryl methyl sites for hydroxylation is 1. The van der Waals surface area contributed by atoms with Crippen molar-refractivity contribution in [1.29, 1.82) is 0 Å². The van der Waals surface area contributed by atoms with E-state index in [1.807, 2.05) is 13.0 Å². The Balaban J connectivity index is 2.36. The number of hydrogen-bond acceptors (Lipinski definition) is 3. The van der Waals surface area contributed by atoms with E-state index in [4.69, 9.17) is 16.7 Å². The molecule has 4 nitrogen and oxygen atoms in total. The van der Waals surface area contributed by atoms with E-state index < -0.39 is 0 Å². The lowest BCUT2D eigenvalue weighted by atomic mass is 10.1. The summed E-state index contributed by atoms with van der Waals surface area (Å²) < 4.78 is 0. The van der Waals surface area contributed by atoms with Crippen LogP contribution in [-0.4, -0.2) is 36.8 Å². The zero-order valence-electron chi connectivity index (χ0n) is 10.7. The van der Waals surface area contributed by atoms with Crippen LogP contribution in [0.1, 0.15) is 22.8 Å². The summed E-state index contributed by atoms with van der Waals surface area (Å²) in [4.78, 5) is 11.8. The van der Waals surface area contributed by atoms with E-state index in [0.29, 0.717) is 30.2 Å². The van der Waals surface area contributed by atoms with Gasteiger partial charge in [0.25, 0.3) is 5.91 Å². The van der Waals surface area contributed by atoms with Gasteiger partial charge in [0.1, 0.15) is 0 Å². The Hall–Kier alpha value is -1.10. The molecule has 0 saturated carbocycles. The van der Waals surface area contributed by atoms with Crippen molar-refractivity contribution in [3.8, 4) is 0 Å². The van der Waals surface area contributed by atoms with Gasteiger partial charge in [-0.1, -0.05) is 17.7 Å². The molecule has 3 N–H and O–H groups in total. The lowest BCUT2D eigenvalue weighted by molar-refractivity contribution is 0.0954. The zero-order chi connectivity index (χ0) is 13.5. The second kappa shape index (κ2) is 7.36. The van der Waals surface area contributed by atoms with E-state index in [9.17, 15) is 4.79 Å². The quantitative estimate of drug-likeness (QED) is 0.684. The molecule has 1 unspecified atom stereocenters. The van der Waals surface area contributed by atoms with Gasteiger partial charge in [-0.25, -0.2) is 0 Å². The standard InChI is InChI=1S/C13H19ClN2O2/c1-9-3-4-11(12(14)7-9)13(18)16-6-5-15-8-10(2)17/h3-4,7,10,15,17H,5-6,8H2,1-2H3,(H,16,18). The minimum absolute atomic E-state index is 0.182. The molecule has 18 heavy (non-hydrogen) atoms. The number of carbonyl (C=O) groups excluding carboxylic acids is 1. The minimum atomic E-state index is -0.382. The summed E-state index contributed by atoms with van der Waals surface area (Å²) in [5, 5.41) is 15.3. The summed E-state index contributed by atoms with van der Waals surface area (Å²) in [6.45, 7) is 5.25. The lowest BCUT2D eigenvalue weighted by Crippen LogP contribution is -2.34. The summed E-state index contributed by atoms with van der Waals surface area (Å²) in [5.74, 6) is -0.182. The van der Waals surface area contributed by atoms with Crippen molar-refractivity contribution in [1.82, 2.24) is 10.6 Å². The molecule has 0 saturated heterocycles. The molecule has 1 aromatic rings. The van der Waals surface area contributed by atoms with Crippen molar-refractivity contribution in [2.24, 2.45) is 0 Å². The van der Waals surface area contributed by atoms with Gasteiger partial charge >= 0.3 is 0 Å². The first kappa shape index (κ1) is 15.0. The molecule has 0 heterocycles. The van der Waals surface area contributed by atoms with Crippen molar-refractivity contribution in [2.45, 2.75) is 20.0 Å².